The van der Waals surface area contributed by atoms with Gasteiger partial charge in [0.1, 0.15) is 0 Å². The zero-order valence-corrected chi connectivity index (χ0v) is 11.7. The lowest BCUT2D eigenvalue weighted by Gasteiger charge is -2.28. The van der Waals surface area contributed by atoms with Crippen molar-refractivity contribution >= 4 is 17.9 Å². The van der Waals surface area contributed by atoms with E-state index in [1.54, 1.807) is 4.90 Å². The third-order valence-corrected chi connectivity index (χ3v) is 2.74. The first kappa shape index (κ1) is 17.2. The lowest BCUT2D eigenvalue weighted by Crippen LogP contribution is -2.47. The van der Waals surface area contributed by atoms with Gasteiger partial charge < -0.3 is 10.0 Å². The van der Waals surface area contributed by atoms with Crippen molar-refractivity contribution in [2.75, 3.05) is 6.54 Å². The second kappa shape index (κ2) is 9.13. The summed E-state index contributed by atoms with van der Waals surface area (Å²) in [6, 6.07) is -0.453. The third-order valence-electron chi connectivity index (χ3n) is 2.74. The molecule has 108 valence electrons. The Morgan fingerprint density at radius 1 is 1.26 bits per heavy atom. The highest BCUT2D eigenvalue weighted by Crippen LogP contribution is 2.06. The van der Waals surface area contributed by atoms with Gasteiger partial charge in [0.2, 0.25) is 0 Å². The summed E-state index contributed by atoms with van der Waals surface area (Å²) in [5, 5.41) is 10.5. The van der Waals surface area contributed by atoms with Gasteiger partial charge in [0.25, 0.3) is 5.91 Å². The van der Waals surface area contributed by atoms with Crippen LogP contribution in [0.4, 0.5) is 4.79 Å². The number of carbonyl (C=O) groups excluding carboxylic acids is 2. The number of urea groups is 1. The predicted molar refractivity (Wildman–Crippen MR) is 71.7 cm³/mol. The van der Waals surface area contributed by atoms with Crippen molar-refractivity contribution in [1.29, 1.82) is 0 Å². The fourth-order valence-electron chi connectivity index (χ4n) is 1.44. The molecule has 0 radical (unpaired) electrons. The molecule has 19 heavy (non-hydrogen) atoms. The van der Waals surface area contributed by atoms with Gasteiger partial charge in [-0.25, -0.2) is 9.59 Å². The molecular formula is C13H22N2O4. The minimum absolute atomic E-state index is 0.0304. The van der Waals surface area contributed by atoms with Gasteiger partial charge >= 0.3 is 12.0 Å². The Hall–Kier alpha value is -1.85. The van der Waals surface area contributed by atoms with Gasteiger partial charge in [0.05, 0.1) is 0 Å². The maximum atomic E-state index is 11.9. The van der Waals surface area contributed by atoms with Gasteiger partial charge in [-0.1, -0.05) is 20.3 Å². The number of aliphatic carboxylic acids is 1. The van der Waals surface area contributed by atoms with Crippen molar-refractivity contribution in [3.63, 3.8) is 0 Å². The van der Waals surface area contributed by atoms with Crippen LogP contribution < -0.4 is 5.32 Å². The van der Waals surface area contributed by atoms with Crippen molar-refractivity contribution in [2.45, 2.75) is 46.1 Å². The Kier molecular flexibility index (Phi) is 8.24. The molecule has 0 aliphatic carbocycles. The highest BCUT2D eigenvalue weighted by molar-refractivity contribution is 6.02. The molecule has 0 heterocycles. The molecule has 0 bridgehead atoms. The maximum Gasteiger partial charge on any atom is 0.328 e. The summed E-state index contributed by atoms with van der Waals surface area (Å²) < 4.78 is 0. The molecule has 0 spiro atoms. The smallest absolute Gasteiger partial charge is 0.328 e. The molecule has 2 N–H and O–H groups in total. The number of rotatable bonds is 7. The first-order chi connectivity index (χ1) is 8.92. The lowest BCUT2D eigenvalue weighted by atomic mass is 10.2. The summed E-state index contributed by atoms with van der Waals surface area (Å²) in [4.78, 5) is 35.1. The van der Waals surface area contributed by atoms with E-state index in [1.807, 2.05) is 20.8 Å². The molecule has 1 atom stereocenters. The Bertz CT molecular complexity index is 353. The van der Waals surface area contributed by atoms with Crippen LogP contribution in [0.15, 0.2) is 12.2 Å². The largest absolute Gasteiger partial charge is 0.478 e. The number of carboxylic acids is 1. The first-order valence-corrected chi connectivity index (χ1v) is 6.44. The summed E-state index contributed by atoms with van der Waals surface area (Å²) in [6.45, 7) is 6.47. The van der Waals surface area contributed by atoms with Crippen LogP contribution in [-0.2, 0) is 9.59 Å². The van der Waals surface area contributed by atoms with Crippen LogP contribution >= 0.6 is 0 Å². The van der Waals surface area contributed by atoms with E-state index in [0.717, 1.165) is 25.3 Å². The molecule has 6 heteroatoms. The predicted octanol–water partition coefficient (Wildman–Crippen LogP) is 1.76. The minimum atomic E-state index is -1.23. The summed E-state index contributed by atoms with van der Waals surface area (Å²) >= 11 is 0. The molecule has 0 saturated heterocycles. The fraction of sp³-hybridized carbons (Fsp3) is 0.615. The molecule has 0 aliphatic rings. The average Bonchev–Trinajstić information content (AvgIpc) is 2.36. The second-order valence-corrected chi connectivity index (χ2v) is 4.27. The molecule has 0 aromatic heterocycles. The van der Waals surface area contributed by atoms with Gasteiger partial charge in [0, 0.05) is 24.7 Å². The summed E-state index contributed by atoms with van der Waals surface area (Å²) in [5.74, 6) is -1.95. The Morgan fingerprint density at radius 2 is 1.89 bits per heavy atom. The van der Waals surface area contributed by atoms with E-state index in [9.17, 15) is 14.4 Å². The average molecular weight is 270 g/mol. The quantitative estimate of drug-likeness (QED) is 0.690. The van der Waals surface area contributed by atoms with E-state index < -0.39 is 17.9 Å². The van der Waals surface area contributed by atoms with Gasteiger partial charge in [-0.15, -0.1) is 0 Å². The number of imide groups is 1. The van der Waals surface area contributed by atoms with E-state index in [4.69, 9.17) is 5.11 Å². The SMILES string of the molecule is CCCCN(C(=O)NC(=O)/C=C/C(=O)O)C(C)CC. The number of nitrogens with zero attached hydrogens (tertiary/aromatic N) is 1. The standard InChI is InChI=1S/C13H22N2O4/c1-4-6-9-15(10(3)5-2)13(19)14-11(16)7-8-12(17)18/h7-8,10H,4-6,9H2,1-3H3,(H,17,18)(H,14,16,19)/b8-7+. The normalized spacial score (nSPS) is 12.2. The molecule has 6 nitrogen and oxygen atoms in total. The highest BCUT2D eigenvalue weighted by Gasteiger charge is 2.19. The molecule has 3 amide bonds. The number of amides is 3. The Labute approximate surface area is 113 Å². The van der Waals surface area contributed by atoms with Crippen molar-refractivity contribution in [2.24, 2.45) is 0 Å². The number of nitrogens with one attached hydrogen (secondary N) is 1. The van der Waals surface area contributed by atoms with Crippen LogP contribution in [0.1, 0.15) is 40.0 Å². The minimum Gasteiger partial charge on any atom is -0.478 e. The van der Waals surface area contributed by atoms with Crippen molar-refractivity contribution in [3.8, 4) is 0 Å². The van der Waals surface area contributed by atoms with E-state index >= 15 is 0 Å². The van der Waals surface area contributed by atoms with E-state index in [-0.39, 0.29) is 6.04 Å². The first-order valence-electron chi connectivity index (χ1n) is 6.44. The third kappa shape index (κ3) is 7.23. The fourth-order valence-corrected chi connectivity index (χ4v) is 1.44. The monoisotopic (exact) mass is 270 g/mol. The molecule has 0 aliphatic heterocycles. The number of carbonyl (C=O) groups is 3. The van der Waals surface area contributed by atoms with E-state index in [2.05, 4.69) is 5.32 Å². The van der Waals surface area contributed by atoms with Crippen LogP contribution in [0.3, 0.4) is 0 Å². The van der Waals surface area contributed by atoms with Crippen LogP contribution in [0.2, 0.25) is 0 Å². The Morgan fingerprint density at radius 3 is 2.37 bits per heavy atom. The van der Waals surface area contributed by atoms with Gasteiger partial charge in [-0.2, -0.15) is 0 Å². The lowest BCUT2D eigenvalue weighted by molar-refractivity contribution is -0.131. The van der Waals surface area contributed by atoms with Crippen molar-refractivity contribution in [3.05, 3.63) is 12.2 Å². The molecule has 0 aromatic rings. The molecule has 0 aromatic carbocycles. The van der Waals surface area contributed by atoms with Crippen molar-refractivity contribution in [1.82, 2.24) is 10.2 Å². The van der Waals surface area contributed by atoms with Crippen LogP contribution in [0, 0.1) is 0 Å². The number of hydrogen-bond donors (Lipinski definition) is 2. The molecule has 1 unspecified atom stereocenters. The topological polar surface area (TPSA) is 86.7 Å². The summed E-state index contributed by atoms with van der Waals surface area (Å²) in [6.07, 6.45) is 4.12. The van der Waals surface area contributed by atoms with Crippen molar-refractivity contribution < 1.29 is 19.5 Å². The van der Waals surface area contributed by atoms with Gasteiger partial charge in [-0.05, 0) is 19.8 Å². The second-order valence-electron chi connectivity index (χ2n) is 4.27. The number of carboxylic acid groups (broad SMARTS) is 1. The zero-order valence-electron chi connectivity index (χ0n) is 11.7. The summed E-state index contributed by atoms with van der Waals surface area (Å²) in [7, 11) is 0. The zero-order chi connectivity index (χ0) is 14.8. The molecule has 0 rings (SSSR count). The Balaban J connectivity index is 4.54. The van der Waals surface area contributed by atoms with Crippen LogP contribution in [0.25, 0.3) is 0 Å². The molecule has 0 saturated carbocycles. The molecular weight excluding hydrogens is 248 g/mol. The van der Waals surface area contributed by atoms with Crippen LogP contribution in [0.5, 0.6) is 0 Å². The molecule has 0 fully saturated rings. The highest BCUT2D eigenvalue weighted by atomic mass is 16.4. The number of unbranched alkanes of at least 4 members (excludes halogenated alkanes) is 1. The van der Waals surface area contributed by atoms with Gasteiger partial charge in [0.15, 0.2) is 0 Å². The van der Waals surface area contributed by atoms with Gasteiger partial charge in [-0.3, -0.25) is 10.1 Å². The summed E-state index contributed by atoms with van der Waals surface area (Å²) in [5.41, 5.74) is 0. The maximum absolute atomic E-state index is 11.9. The van der Waals surface area contributed by atoms with Crippen LogP contribution in [-0.4, -0.2) is 40.5 Å². The number of hydrogen-bond acceptors (Lipinski definition) is 3. The van der Waals surface area contributed by atoms with E-state index in [0.29, 0.717) is 12.6 Å². The van der Waals surface area contributed by atoms with E-state index in [1.165, 1.54) is 0 Å².